The molecule has 74 valence electrons. The molecule has 5 N–H and O–H groups in total. The van der Waals surface area contributed by atoms with E-state index in [-0.39, 0.29) is 5.91 Å². The SMILES string of the molecule is CC(NC(=O)C1(N)CCC1)C(N)=O. The van der Waals surface area contributed by atoms with Crippen LogP contribution in [0, 0.1) is 0 Å². The molecule has 5 nitrogen and oxygen atoms in total. The summed E-state index contributed by atoms with van der Waals surface area (Å²) in [5.74, 6) is -0.818. The molecule has 1 fully saturated rings. The first-order valence-electron chi connectivity index (χ1n) is 4.35. The lowest BCUT2D eigenvalue weighted by atomic mass is 9.77. The molecule has 0 aliphatic heterocycles. The van der Waals surface area contributed by atoms with Gasteiger partial charge in [0.25, 0.3) is 0 Å². The molecule has 0 aromatic rings. The van der Waals surface area contributed by atoms with Gasteiger partial charge in [-0.1, -0.05) is 0 Å². The Bertz CT molecular complexity index is 236. The van der Waals surface area contributed by atoms with Crippen LogP contribution in [0.2, 0.25) is 0 Å². The Morgan fingerprint density at radius 1 is 1.46 bits per heavy atom. The van der Waals surface area contributed by atoms with Gasteiger partial charge in [0.1, 0.15) is 6.04 Å². The Morgan fingerprint density at radius 3 is 2.31 bits per heavy atom. The number of nitrogens with two attached hydrogens (primary N) is 2. The van der Waals surface area contributed by atoms with Gasteiger partial charge in [-0.2, -0.15) is 0 Å². The molecule has 5 heteroatoms. The van der Waals surface area contributed by atoms with Crippen molar-refractivity contribution in [3.63, 3.8) is 0 Å². The predicted octanol–water partition coefficient (Wildman–Crippen LogP) is -1.14. The first-order chi connectivity index (χ1) is 5.96. The van der Waals surface area contributed by atoms with Gasteiger partial charge in [0.05, 0.1) is 5.54 Å². The van der Waals surface area contributed by atoms with Crippen molar-refractivity contribution in [3.8, 4) is 0 Å². The van der Waals surface area contributed by atoms with Crippen molar-refractivity contribution in [1.29, 1.82) is 0 Å². The summed E-state index contributed by atoms with van der Waals surface area (Å²) in [5, 5.41) is 2.48. The molecule has 0 aromatic heterocycles. The first-order valence-corrected chi connectivity index (χ1v) is 4.35. The molecule has 1 atom stereocenters. The number of rotatable bonds is 3. The van der Waals surface area contributed by atoms with Gasteiger partial charge < -0.3 is 16.8 Å². The Hall–Kier alpha value is -1.10. The van der Waals surface area contributed by atoms with Crippen molar-refractivity contribution >= 4 is 11.8 Å². The Morgan fingerprint density at radius 2 is 2.00 bits per heavy atom. The van der Waals surface area contributed by atoms with E-state index in [1.807, 2.05) is 0 Å². The molecule has 2 amide bonds. The van der Waals surface area contributed by atoms with Crippen LogP contribution in [0.3, 0.4) is 0 Å². The minimum atomic E-state index is -0.760. The van der Waals surface area contributed by atoms with E-state index >= 15 is 0 Å². The highest BCUT2D eigenvalue weighted by atomic mass is 16.2. The summed E-state index contributed by atoms with van der Waals surface area (Å²) in [6, 6.07) is -0.645. The van der Waals surface area contributed by atoms with Crippen LogP contribution in [-0.4, -0.2) is 23.4 Å². The largest absolute Gasteiger partial charge is 0.368 e. The van der Waals surface area contributed by atoms with E-state index in [4.69, 9.17) is 11.5 Å². The summed E-state index contributed by atoms with van der Waals surface area (Å²) in [4.78, 5) is 22.1. The molecular formula is C8H15N3O2. The van der Waals surface area contributed by atoms with Crippen LogP contribution in [0.5, 0.6) is 0 Å². The highest BCUT2D eigenvalue weighted by Crippen LogP contribution is 2.29. The fraction of sp³-hybridized carbons (Fsp3) is 0.750. The lowest BCUT2D eigenvalue weighted by Crippen LogP contribution is -2.61. The number of hydrogen-bond donors (Lipinski definition) is 3. The average Bonchev–Trinajstić information content (AvgIpc) is 1.99. The van der Waals surface area contributed by atoms with Crippen LogP contribution in [0.25, 0.3) is 0 Å². The molecule has 0 aromatic carbocycles. The molecule has 1 aliphatic carbocycles. The second-order valence-corrected chi connectivity index (χ2v) is 3.61. The van der Waals surface area contributed by atoms with Crippen molar-refractivity contribution < 1.29 is 9.59 Å². The topological polar surface area (TPSA) is 98.2 Å². The van der Waals surface area contributed by atoms with Crippen LogP contribution >= 0.6 is 0 Å². The second kappa shape index (κ2) is 3.33. The molecule has 0 spiro atoms. The number of amides is 2. The van der Waals surface area contributed by atoms with E-state index in [1.165, 1.54) is 0 Å². The van der Waals surface area contributed by atoms with Crippen molar-refractivity contribution in [2.24, 2.45) is 11.5 Å². The molecule has 0 bridgehead atoms. The molecule has 0 heterocycles. The third kappa shape index (κ3) is 1.98. The van der Waals surface area contributed by atoms with Crippen LogP contribution in [0.15, 0.2) is 0 Å². The van der Waals surface area contributed by atoms with E-state index in [0.29, 0.717) is 12.8 Å². The number of hydrogen-bond acceptors (Lipinski definition) is 3. The average molecular weight is 185 g/mol. The maximum Gasteiger partial charge on any atom is 0.240 e. The standard InChI is InChI=1S/C8H15N3O2/c1-5(6(9)12)11-7(13)8(10)3-2-4-8/h5H,2-4,10H2,1H3,(H2,9,12)(H,11,13). The minimum absolute atomic E-state index is 0.273. The van der Waals surface area contributed by atoms with Gasteiger partial charge in [0.15, 0.2) is 0 Å². The van der Waals surface area contributed by atoms with Crippen molar-refractivity contribution in [2.75, 3.05) is 0 Å². The second-order valence-electron chi connectivity index (χ2n) is 3.61. The van der Waals surface area contributed by atoms with Gasteiger partial charge in [-0.25, -0.2) is 0 Å². The molecule has 0 radical (unpaired) electrons. The van der Waals surface area contributed by atoms with Gasteiger partial charge >= 0.3 is 0 Å². The summed E-state index contributed by atoms with van der Waals surface area (Å²) in [7, 11) is 0. The highest BCUT2D eigenvalue weighted by molar-refractivity contribution is 5.91. The van der Waals surface area contributed by atoms with Crippen molar-refractivity contribution in [2.45, 2.75) is 37.8 Å². The van der Waals surface area contributed by atoms with Crippen LogP contribution in [-0.2, 0) is 9.59 Å². The van der Waals surface area contributed by atoms with Crippen molar-refractivity contribution in [1.82, 2.24) is 5.32 Å². The Labute approximate surface area is 76.8 Å². The summed E-state index contributed by atoms with van der Waals surface area (Å²) in [5.41, 5.74) is 9.96. The molecule has 0 saturated heterocycles. The maximum absolute atomic E-state index is 11.4. The van der Waals surface area contributed by atoms with E-state index in [1.54, 1.807) is 6.92 Å². The predicted molar refractivity (Wildman–Crippen MR) is 47.6 cm³/mol. The molecule has 13 heavy (non-hydrogen) atoms. The molecule has 1 saturated carbocycles. The number of carbonyl (C=O) groups is 2. The molecule has 1 rings (SSSR count). The van der Waals surface area contributed by atoms with Crippen LogP contribution < -0.4 is 16.8 Å². The number of carbonyl (C=O) groups excluding carboxylic acids is 2. The third-order valence-corrected chi connectivity index (χ3v) is 2.47. The lowest BCUT2D eigenvalue weighted by molar-refractivity contribution is -0.132. The molecular weight excluding hydrogens is 170 g/mol. The zero-order chi connectivity index (χ0) is 10.1. The normalized spacial score (nSPS) is 21.4. The van der Waals surface area contributed by atoms with Gasteiger partial charge in [0.2, 0.25) is 11.8 Å². The summed E-state index contributed by atoms with van der Waals surface area (Å²) in [6.07, 6.45) is 2.34. The van der Waals surface area contributed by atoms with Gasteiger partial charge in [0, 0.05) is 0 Å². The third-order valence-electron chi connectivity index (χ3n) is 2.47. The van der Waals surface area contributed by atoms with Gasteiger partial charge in [-0.3, -0.25) is 9.59 Å². The Kier molecular flexibility index (Phi) is 2.56. The monoisotopic (exact) mass is 185 g/mol. The van der Waals surface area contributed by atoms with E-state index in [0.717, 1.165) is 6.42 Å². The fourth-order valence-corrected chi connectivity index (χ4v) is 1.20. The lowest BCUT2D eigenvalue weighted by Gasteiger charge is -2.36. The summed E-state index contributed by atoms with van der Waals surface area (Å²) < 4.78 is 0. The quantitative estimate of drug-likeness (QED) is 0.518. The summed E-state index contributed by atoms with van der Waals surface area (Å²) in [6.45, 7) is 1.54. The van der Waals surface area contributed by atoms with Gasteiger partial charge in [-0.15, -0.1) is 0 Å². The van der Waals surface area contributed by atoms with Crippen molar-refractivity contribution in [3.05, 3.63) is 0 Å². The zero-order valence-electron chi connectivity index (χ0n) is 7.67. The van der Waals surface area contributed by atoms with E-state index in [9.17, 15) is 9.59 Å². The fourth-order valence-electron chi connectivity index (χ4n) is 1.20. The smallest absolute Gasteiger partial charge is 0.240 e. The first kappa shape index (κ1) is 9.98. The Balaban J connectivity index is 2.45. The maximum atomic E-state index is 11.4. The zero-order valence-corrected chi connectivity index (χ0v) is 7.67. The molecule has 1 unspecified atom stereocenters. The van der Waals surface area contributed by atoms with E-state index < -0.39 is 17.5 Å². The minimum Gasteiger partial charge on any atom is -0.368 e. The summed E-state index contributed by atoms with van der Waals surface area (Å²) >= 11 is 0. The number of primary amides is 1. The number of nitrogens with one attached hydrogen (secondary N) is 1. The van der Waals surface area contributed by atoms with Crippen LogP contribution in [0.1, 0.15) is 26.2 Å². The van der Waals surface area contributed by atoms with Gasteiger partial charge in [-0.05, 0) is 26.2 Å². The van der Waals surface area contributed by atoms with Crippen LogP contribution in [0.4, 0.5) is 0 Å². The molecule has 1 aliphatic rings. The highest BCUT2D eigenvalue weighted by Gasteiger charge is 2.40. The van der Waals surface area contributed by atoms with E-state index in [2.05, 4.69) is 5.32 Å².